The quantitative estimate of drug-likeness (QED) is 0.762. The second-order valence-corrected chi connectivity index (χ2v) is 6.48. The lowest BCUT2D eigenvalue weighted by molar-refractivity contribution is 0.513. The Morgan fingerprint density at radius 2 is 2.13 bits per heavy atom. The van der Waals surface area contributed by atoms with Crippen LogP contribution in [0.25, 0.3) is 0 Å². The van der Waals surface area contributed by atoms with Crippen LogP contribution >= 0.6 is 23.5 Å². The van der Waals surface area contributed by atoms with Gasteiger partial charge < -0.3 is 5.32 Å². The lowest BCUT2D eigenvalue weighted by Crippen LogP contribution is -2.44. The minimum atomic E-state index is 0.565. The summed E-state index contributed by atoms with van der Waals surface area (Å²) >= 11 is 4.22. The smallest absolute Gasteiger partial charge is 0.0326 e. The number of thioether (sulfide) groups is 2. The van der Waals surface area contributed by atoms with Crippen molar-refractivity contribution in [2.45, 2.75) is 43.7 Å². The van der Waals surface area contributed by atoms with Crippen LogP contribution in [0.3, 0.4) is 0 Å². The van der Waals surface area contributed by atoms with Crippen LogP contribution in [0.4, 0.5) is 0 Å². The summed E-state index contributed by atoms with van der Waals surface area (Å²) < 4.78 is 0. The molecular weight excluding hydrogens is 222 g/mol. The zero-order valence-electron chi connectivity index (χ0n) is 9.88. The second kappa shape index (κ2) is 7.49. The Kier molecular flexibility index (Phi) is 6.63. The highest BCUT2D eigenvalue weighted by Gasteiger charge is 2.29. The van der Waals surface area contributed by atoms with Crippen molar-refractivity contribution in [2.75, 3.05) is 18.1 Å². The third kappa shape index (κ3) is 4.30. The van der Waals surface area contributed by atoms with Gasteiger partial charge in [0, 0.05) is 34.5 Å². The molecule has 3 heteroatoms. The van der Waals surface area contributed by atoms with E-state index in [0.29, 0.717) is 6.04 Å². The highest BCUT2D eigenvalue weighted by molar-refractivity contribution is 8.07. The molecule has 0 aliphatic carbocycles. The monoisotopic (exact) mass is 243 g/mol. The van der Waals surface area contributed by atoms with Crippen molar-refractivity contribution in [2.24, 2.45) is 0 Å². The molecule has 86 valence electrons. The average Bonchev–Trinajstić information content (AvgIpc) is 2.25. The van der Waals surface area contributed by atoms with Gasteiger partial charge in [-0.1, -0.05) is 13.8 Å². The fourth-order valence-corrected chi connectivity index (χ4v) is 4.83. The highest BCUT2D eigenvalue weighted by Crippen LogP contribution is 2.33. The van der Waals surface area contributed by atoms with Crippen molar-refractivity contribution in [3.8, 4) is 11.8 Å². The van der Waals surface area contributed by atoms with Gasteiger partial charge in [0.05, 0.1) is 0 Å². The molecule has 0 aromatic rings. The number of rotatable bonds is 4. The standard InChI is InChI=1S/C12H21NS2/c1-4-6-7-11(13-5-2)12-10(3)14-8-9-15-12/h10-13H,5,7-9H2,1-3H3. The van der Waals surface area contributed by atoms with Gasteiger partial charge in [0.1, 0.15) is 0 Å². The maximum atomic E-state index is 3.58. The van der Waals surface area contributed by atoms with E-state index < -0.39 is 0 Å². The Balaban J connectivity index is 2.54. The molecular formula is C12H21NS2. The van der Waals surface area contributed by atoms with Gasteiger partial charge >= 0.3 is 0 Å². The Hall–Kier alpha value is 0.220. The molecule has 1 fully saturated rings. The van der Waals surface area contributed by atoms with Crippen molar-refractivity contribution in [3.05, 3.63) is 0 Å². The fraction of sp³-hybridized carbons (Fsp3) is 0.833. The molecule has 1 saturated heterocycles. The van der Waals surface area contributed by atoms with E-state index in [-0.39, 0.29) is 0 Å². The SMILES string of the molecule is CC#CCC(NCC)C1SCCSC1C. The molecule has 1 aliphatic heterocycles. The largest absolute Gasteiger partial charge is 0.312 e. The molecule has 0 radical (unpaired) electrons. The first kappa shape index (κ1) is 13.3. The first-order valence-corrected chi connectivity index (χ1v) is 7.75. The van der Waals surface area contributed by atoms with Crippen LogP contribution in [-0.4, -0.2) is 34.6 Å². The van der Waals surface area contributed by atoms with Gasteiger partial charge in [0.25, 0.3) is 0 Å². The zero-order chi connectivity index (χ0) is 11.1. The Labute approximate surface area is 103 Å². The molecule has 1 heterocycles. The molecule has 1 N–H and O–H groups in total. The van der Waals surface area contributed by atoms with Crippen molar-refractivity contribution in [1.82, 2.24) is 5.32 Å². The van der Waals surface area contributed by atoms with Crippen LogP contribution in [0, 0.1) is 11.8 Å². The van der Waals surface area contributed by atoms with Crippen LogP contribution in [0.1, 0.15) is 27.2 Å². The minimum absolute atomic E-state index is 0.565. The lowest BCUT2D eigenvalue weighted by atomic mass is 10.1. The number of hydrogen-bond donors (Lipinski definition) is 1. The van der Waals surface area contributed by atoms with Crippen molar-refractivity contribution in [3.63, 3.8) is 0 Å². The van der Waals surface area contributed by atoms with E-state index in [1.807, 2.05) is 6.92 Å². The average molecular weight is 243 g/mol. The summed E-state index contributed by atoms with van der Waals surface area (Å²) in [6.07, 6.45) is 0.993. The summed E-state index contributed by atoms with van der Waals surface area (Å²) in [4.78, 5) is 0. The van der Waals surface area contributed by atoms with Crippen LogP contribution in [0.5, 0.6) is 0 Å². The van der Waals surface area contributed by atoms with E-state index in [1.165, 1.54) is 11.5 Å². The molecule has 0 amide bonds. The van der Waals surface area contributed by atoms with Gasteiger partial charge in [0.15, 0.2) is 0 Å². The topological polar surface area (TPSA) is 12.0 Å². The molecule has 3 atom stereocenters. The number of nitrogens with one attached hydrogen (secondary N) is 1. The van der Waals surface area contributed by atoms with E-state index in [2.05, 4.69) is 54.5 Å². The minimum Gasteiger partial charge on any atom is -0.312 e. The molecule has 3 unspecified atom stereocenters. The number of hydrogen-bond acceptors (Lipinski definition) is 3. The summed E-state index contributed by atoms with van der Waals surface area (Å²) in [5.74, 6) is 8.82. The molecule has 0 aromatic carbocycles. The molecule has 0 saturated carbocycles. The van der Waals surface area contributed by atoms with Gasteiger partial charge in [-0.05, 0) is 13.5 Å². The van der Waals surface area contributed by atoms with Crippen molar-refractivity contribution < 1.29 is 0 Å². The molecule has 0 bridgehead atoms. The Morgan fingerprint density at radius 1 is 1.40 bits per heavy atom. The predicted molar refractivity (Wildman–Crippen MR) is 73.7 cm³/mol. The first-order chi connectivity index (χ1) is 7.29. The van der Waals surface area contributed by atoms with Gasteiger partial charge in [0.2, 0.25) is 0 Å². The Morgan fingerprint density at radius 3 is 2.73 bits per heavy atom. The summed E-state index contributed by atoms with van der Waals surface area (Å²) in [7, 11) is 0. The van der Waals surface area contributed by atoms with Crippen molar-refractivity contribution >= 4 is 23.5 Å². The maximum Gasteiger partial charge on any atom is 0.0326 e. The normalized spacial score (nSPS) is 27.9. The van der Waals surface area contributed by atoms with Gasteiger partial charge in [-0.2, -0.15) is 23.5 Å². The van der Waals surface area contributed by atoms with E-state index in [9.17, 15) is 0 Å². The second-order valence-electron chi connectivity index (χ2n) is 3.71. The summed E-state index contributed by atoms with van der Waals surface area (Å²) in [6, 6.07) is 0.565. The summed E-state index contributed by atoms with van der Waals surface area (Å²) in [6.45, 7) is 7.50. The van der Waals surface area contributed by atoms with E-state index in [4.69, 9.17) is 0 Å². The Bertz CT molecular complexity index is 232. The van der Waals surface area contributed by atoms with Gasteiger partial charge in [-0.3, -0.25) is 0 Å². The van der Waals surface area contributed by atoms with Crippen LogP contribution < -0.4 is 5.32 Å². The molecule has 0 aromatic heterocycles. The molecule has 1 rings (SSSR count). The molecule has 15 heavy (non-hydrogen) atoms. The van der Waals surface area contributed by atoms with Crippen LogP contribution in [0.2, 0.25) is 0 Å². The fourth-order valence-electron chi connectivity index (χ4n) is 1.87. The van der Waals surface area contributed by atoms with Gasteiger partial charge in [-0.25, -0.2) is 0 Å². The maximum absolute atomic E-state index is 3.58. The lowest BCUT2D eigenvalue weighted by Gasteiger charge is -2.34. The summed E-state index contributed by atoms with van der Waals surface area (Å²) in [5, 5.41) is 5.06. The third-order valence-electron chi connectivity index (χ3n) is 2.60. The van der Waals surface area contributed by atoms with Gasteiger partial charge in [-0.15, -0.1) is 11.8 Å². The predicted octanol–water partition coefficient (Wildman–Crippen LogP) is 2.62. The van der Waals surface area contributed by atoms with Crippen LogP contribution in [-0.2, 0) is 0 Å². The summed E-state index contributed by atoms with van der Waals surface area (Å²) in [5.41, 5.74) is 0. The van der Waals surface area contributed by atoms with Crippen molar-refractivity contribution in [1.29, 1.82) is 0 Å². The molecule has 1 aliphatic rings. The van der Waals surface area contributed by atoms with E-state index in [1.54, 1.807) is 0 Å². The van der Waals surface area contributed by atoms with E-state index >= 15 is 0 Å². The first-order valence-electron chi connectivity index (χ1n) is 5.65. The molecule has 1 nitrogen and oxygen atoms in total. The zero-order valence-corrected chi connectivity index (χ0v) is 11.5. The highest BCUT2D eigenvalue weighted by atomic mass is 32.2. The van der Waals surface area contributed by atoms with Crippen LogP contribution in [0.15, 0.2) is 0 Å². The molecule has 0 spiro atoms. The third-order valence-corrected chi connectivity index (χ3v) is 5.85. The van der Waals surface area contributed by atoms with E-state index in [0.717, 1.165) is 23.5 Å².